The van der Waals surface area contributed by atoms with E-state index in [1.165, 1.54) is 0 Å². The van der Waals surface area contributed by atoms with Crippen LogP contribution in [0.3, 0.4) is 0 Å². The Balaban J connectivity index is 2.58. The number of rotatable bonds is 3. The third-order valence-corrected chi connectivity index (χ3v) is 2.11. The molecule has 2 heteroatoms. The van der Waals surface area contributed by atoms with Gasteiger partial charge in [0.15, 0.2) is 0 Å². The second kappa shape index (κ2) is 5.41. The van der Waals surface area contributed by atoms with Crippen LogP contribution in [-0.2, 0) is 0 Å². The Morgan fingerprint density at radius 2 is 2.36 bits per heavy atom. The number of aromatic nitrogens is 1. The van der Waals surface area contributed by atoms with E-state index in [-0.39, 0.29) is 6.04 Å². The molecule has 0 amide bonds. The largest absolute Gasteiger partial charge is 0.324 e. The van der Waals surface area contributed by atoms with Crippen LogP contribution in [0.1, 0.15) is 37.1 Å². The van der Waals surface area contributed by atoms with Gasteiger partial charge in [-0.15, -0.1) is 11.8 Å². The summed E-state index contributed by atoms with van der Waals surface area (Å²) in [4.78, 5) is 4.14. The van der Waals surface area contributed by atoms with Gasteiger partial charge >= 0.3 is 0 Å². The molecule has 0 bridgehead atoms. The lowest BCUT2D eigenvalue weighted by Crippen LogP contribution is -2.10. The summed E-state index contributed by atoms with van der Waals surface area (Å²) in [7, 11) is 0. The Bertz CT molecular complexity index is 347. The maximum absolute atomic E-state index is 6.01. The molecule has 0 aliphatic carbocycles. The zero-order valence-electron chi connectivity index (χ0n) is 8.75. The third-order valence-electron chi connectivity index (χ3n) is 2.11. The van der Waals surface area contributed by atoms with Gasteiger partial charge in [-0.2, -0.15) is 0 Å². The van der Waals surface area contributed by atoms with Crippen LogP contribution in [0.2, 0.25) is 0 Å². The Kier molecular flexibility index (Phi) is 4.15. The number of nitrogens with zero attached hydrogens (tertiary/aromatic N) is 1. The first kappa shape index (κ1) is 10.7. The molecule has 0 aliphatic heterocycles. The number of nitrogens with two attached hydrogens (primary N) is 1. The van der Waals surface area contributed by atoms with Gasteiger partial charge in [-0.25, -0.2) is 0 Å². The second-order valence-electron chi connectivity index (χ2n) is 3.30. The Morgan fingerprint density at radius 1 is 1.57 bits per heavy atom. The van der Waals surface area contributed by atoms with Crippen molar-refractivity contribution in [2.45, 2.75) is 32.7 Å². The standard InChI is InChI=1S/C12H16N2/c1-3-4-5-6-12(13)11-7-8-14-10(2)9-11/h7-9,12H,5-6,13H2,1-2H3. The molecule has 0 saturated carbocycles. The number of hydrogen-bond donors (Lipinski definition) is 1. The summed E-state index contributed by atoms with van der Waals surface area (Å²) in [6.45, 7) is 3.82. The van der Waals surface area contributed by atoms with E-state index in [1.54, 1.807) is 6.20 Å². The topological polar surface area (TPSA) is 38.9 Å². The summed E-state index contributed by atoms with van der Waals surface area (Å²) in [5, 5.41) is 0. The summed E-state index contributed by atoms with van der Waals surface area (Å²) in [5.41, 5.74) is 8.17. The highest BCUT2D eigenvalue weighted by Gasteiger charge is 2.04. The predicted octanol–water partition coefficient (Wildman–Crippen LogP) is 2.19. The van der Waals surface area contributed by atoms with Gasteiger partial charge in [0.2, 0.25) is 0 Å². The molecule has 0 spiro atoms. The van der Waals surface area contributed by atoms with Crippen LogP contribution in [0.15, 0.2) is 18.3 Å². The first-order valence-corrected chi connectivity index (χ1v) is 4.81. The molecule has 1 heterocycles. The number of aryl methyl sites for hydroxylation is 1. The minimum absolute atomic E-state index is 0.0811. The minimum Gasteiger partial charge on any atom is -0.324 e. The highest BCUT2D eigenvalue weighted by Crippen LogP contribution is 2.15. The average Bonchev–Trinajstić information content (AvgIpc) is 2.18. The highest BCUT2D eigenvalue weighted by molar-refractivity contribution is 5.19. The van der Waals surface area contributed by atoms with Crippen molar-refractivity contribution in [3.8, 4) is 11.8 Å². The molecular formula is C12H16N2. The van der Waals surface area contributed by atoms with E-state index in [9.17, 15) is 0 Å². The predicted molar refractivity (Wildman–Crippen MR) is 58.6 cm³/mol. The van der Waals surface area contributed by atoms with Crippen LogP contribution >= 0.6 is 0 Å². The fourth-order valence-corrected chi connectivity index (χ4v) is 1.32. The van der Waals surface area contributed by atoms with Crippen molar-refractivity contribution in [2.24, 2.45) is 5.73 Å². The van der Waals surface area contributed by atoms with E-state index in [1.807, 2.05) is 26.0 Å². The van der Waals surface area contributed by atoms with Crippen LogP contribution in [0.5, 0.6) is 0 Å². The first-order chi connectivity index (χ1) is 6.74. The van der Waals surface area contributed by atoms with E-state index in [0.717, 1.165) is 24.1 Å². The van der Waals surface area contributed by atoms with Gasteiger partial charge in [-0.05, 0) is 38.0 Å². The van der Waals surface area contributed by atoms with Gasteiger partial charge < -0.3 is 5.73 Å². The van der Waals surface area contributed by atoms with Gasteiger partial charge in [-0.3, -0.25) is 4.98 Å². The van der Waals surface area contributed by atoms with Crippen molar-refractivity contribution in [2.75, 3.05) is 0 Å². The van der Waals surface area contributed by atoms with Gasteiger partial charge in [0, 0.05) is 24.4 Å². The number of pyridine rings is 1. The summed E-state index contributed by atoms with van der Waals surface area (Å²) >= 11 is 0. The van der Waals surface area contributed by atoms with Crippen LogP contribution in [0.4, 0.5) is 0 Å². The summed E-state index contributed by atoms with van der Waals surface area (Å²) in [6.07, 6.45) is 3.57. The SMILES string of the molecule is CC#CCCC(N)c1ccnc(C)c1. The molecule has 1 aromatic heterocycles. The van der Waals surface area contributed by atoms with Crippen LogP contribution < -0.4 is 5.73 Å². The van der Waals surface area contributed by atoms with Gasteiger partial charge in [0.05, 0.1) is 0 Å². The van der Waals surface area contributed by atoms with E-state index < -0.39 is 0 Å². The highest BCUT2D eigenvalue weighted by atomic mass is 14.7. The maximum atomic E-state index is 6.01. The number of hydrogen-bond acceptors (Lipinski definition) is 2. The maximum Gasteiger partial charge on any atom is 0.0375 e. The molecular weight excluding hydrogens is 172 g/mol. The quantitative estimate of drug-likeness (QED) is 0.738. The first-order valence-electron chi connectivity index (χ1n) is 4.81. The summed E-state index contributed by atoms with van der Waals surface area (Å²) < 4.78 is 0. The molecule has 0 radical (unpaired) electrons. The van der Waals surface area contributed by atoms with E-state index >= 15 is 0 Å². The van der Waals surface area contributed by atoms with E-state index in [4.69, 9.17) is 5.73 Å². The van der Waals surface area contributed by atoms with Crippen molar-refractivity contribution in [1.29, 1.82) is 0 Å². The third kappa shape index (κ3) is 3.20. The Hall–Kier alpha value is -1.33. The second-order valence-corrected chi connectivity index (χ2v) is 3.30. The average molecular weight is 188 g/mol. The normalized spacial score (nSPS) is 11.6. The molecule has 1 aromatic rings. The molecule has 1 atom stereocenters. The molecule has 0 aliphatic rings. The lowest BCUT2D eigenvalue weighted by atomic mass is 10.0. The molecule has 0 fully saturated rings. The van der Waals surface area contributed by atoms with Gasteiger partial charge in [0.1, 0.15) is 0 Å². The van der Waals surface area contributed by atoms with Crippen LogP contribution in [-0.4, -0.2) is 4.98 Å². The monoisotopic (exact) mass is 188 g/mol. The van der Waals surface area contributed by atoms with Crippen LogP contribution in [0, 0.1) is 18.8 Å². The van der Waals surface area contributed by atoms with Crippen LogP contribution in [0.25, 0.3) is 0 Å². The zero-order valence-corrected chi connectivity index (χ0v) is 8.75. The molecule has 0 saturated heterocycles. The van der Waals surface area contributed by atoms with Crippen molar-refractivity contribution in [1.82, 2.24) is 4.98 Å². The Morgan fingerprint density at radius 3 is 3.00 bits per heavy atom. The van der Waals surface area contributed by atoms with Gasteiger partial charge in [-0.1, -0.05) is 0 Å². The molecule has 2 nitrogen and oxygen atoms in total. The Labute approximate surface area is 85.5 Å². The molecule has 1 unspecified atom stereocenters. The summed E-state index contributed by atoms with van der Waals surface area (Å²) in [6, 6.07) is 4.08. The minimum atomic E-state index is 0.0811. The lowest BCUT2D eigenvalue weighted by Gasteiger charge is -2.10. The van der Waals surface area contributed by atoms with Crippen molar-refractivity contribution >= 4 is 0 Å². The van der Waals surface area contributed by atoms with Crippen molar-refractivity contribution < 1.29 is 0 Å². The van der Waals surface area contributed by atoms with Crippen molar-refractivity contribution in [3.63, 3.8) is 0 Å². The smallest absolute Gasteiger partial charge is 0.0375 e. The van der Waals surface area contributed by atoms with Crippen molar-refractivity contribution in [3.05, 3.63) is 29.6 Å². The molecule has 74 valence electrons. The summed E-state index contributed by atoms with van der Waals surface area (Å²) in [5.74, 6) is 5.89. The van der Waals surface area contributed by atoms with E-state index in [2.05, 4.69) is 16.8 Å². The molecule has 0 aromatic carbocycles. The van der Waals surface area contributed by atoms with Gasteiger partial charge in [0.25, 0.3) is 0 Å². The van der Waals surface area contributed by atoms with E-state index in [0.29, 0.717) is 0 Å². The fraction of sp³-hybridized carbons (Fsp3) is 0.417. The zero-order chi connectivity index (χ0) is 10.4. The molecule has 2 N–H and O–H groups in total. The molecule has 1 rings (SSSR count). The molecule has 14 heavy (non-hydrogen) atoms. The fourth-order valence-electron chi connectivity index (χ4n) is 1.32. The lowest BCUT2D eigenvalue weighted by molar-refractivity contribution is 0.666.